The molecule has 142 valence electrons. The van der Waals surface area contributed by atoms with E-state index in [0.717, 1.165) is 31.9 Å². The molecule has 26 heavy (non-hydrogen) atoms. The summed E-state index contributed by atoms with van der Waals surface area (Å²) < 4.78 is 5.02. The molecule has 0 unspecified atom stereocenters. The van der Waals surface area contributed by atoms with Crippen molar-refractivity contribution >= 4 is 23.4 Å². The molecular weight excluding hydrogens is 332 g/mol. The smallest absolute Gasteiger partial charge is 0.410 e. The van der Waals surface area contributed by atoms with Crippen LogP contribution in [0.4, 0.5) is 16.2 Å². The lowest BCUT2D eigenvalue weighted by Crippen LogP contribution is -3.15. The van der Waals surface area contributed by atoms with Crippen molar-refractivity contribution in [2.24, 2.45) is 0 Å². The highest BCUT2D eigenvalue weighted by molar-refractivity contribution is 5.91. The molecule has 0 saturated carbocycles. The average molecular weight is 361 g/mol. The van der Waals surface area contributed by atoms with Gasteiger partial charge in [0.05, 0.1) is 32.8 Å². The summed E-state index contributed by atoms with van der Waals surface area (Å²) in [5, 5.41) is 2.98. The SMILES string of the molecule is CCOC(=O)N1CC[NH+](CC(=O)Nc2ccc(N3CCCC3)cc2)CC1. The van der Waals surface area contributed by atoms with Crippen LogP contribution in [0.1, 0.15) is 19.8 Å². The number of amides is 2. The molecule has 0 atom stereocenters. The van der Waals surface area contributed by atoms with Crippen LogP contribution in [0.5, 0.6) is 0 Å². The molecule has 7 heteroatoms. The van der Waals surface area contributed by atoms with Gasteiger partial charge in [-0.3, -0.25) is 9.69 Å². The minimum absolute atomic E-state index is 0.0125. The predicted molar refractivity (Wildman–Crippen MR) is 101 cm³/mol. The molecule has 1 aromatic rings. The van der Waals surface area contributed by atoms with Crippen LogP contribution in [0.3, 0.4) is 0 Å². The zero-order valence-electron chi connectivity index (χ0n) is 15.5. The van der Waals surface area contributed by atoms with Crippen molar-refractivity contribution in [2.45, 2.75) is 19.8 Å². The molecular formula is C19H29N4O3+. The Morgan fingerprint density at radius 3 is 2.35 bits per heavy atom. The van der Waals surface area contributed by atoms with Crippen LogP contribution in [0.25, 0.3) is 0 Å². The molecule has 2 heterocycles. The Balaban J connectivity index is 1.42. The number of carbonyl (C=O) groups excluding carboxylic acids is 2. The number of hydrogen-bond acceptors (Lipinski definition) is 4. The first kappa shape index (κ1) is 18.5. The Kier molecular flexibility index (Phi) is 6.33. The molecule has 2 fully saturated rings. The van der Waals surface area contributed by atoms with Crippen molar-refractivity contribution in [3.05, 3.63) is 24.3 Å². The van der Waals surface area contributed by atoms with Gasteiger partial charge in [0.15, 0.2) is 6.54 Å². The fourth-order valence-corrected chi connectivity index (χ4v) is 3.56. The number of ether oxygens (including phenoxy) is 1. The van der Waals surface area contributed by atoms with E-state index in [1.54, 1.807) is 11.8 Å². The van der Waals surface area contributed by atoms with Crippen LogP contribution in [0.2, 0.25) is 0 Å². The number of carbonyl (C=O) groups is 2. The molecule has 2 amide bonds. The molecule has 3 rings (SSSR count). The van der Waals surface area contributed by atoms with E-state index in [4.69, 9.17) is 4.74 Å². The minimum Gasteiger partial charge on any atom is -0.450 e. The summed E-state index contributed by atoms with van der Waals surface area (Å²) in [4.78, 5) is 29.3. The number of nitrogens with zero attached hydrogens (tertiary/aromatic N) is 2. The Bertz CT molecular complexity index is 606. The second-order valence-electron chi connectivity index (χ2n) is 6.90. The van der Waals surface area contributed by atoms with Crippen molar-refractivity contribution in [3.63, 3.8) is 0 Å². The number of anilines is 2. The van der Waals surface area contributed by atoms with Gasteiger partial charge in [0.25, 0.3) is 5.91 Å². The summed E-state index contributed by atoms with van der Waals surface area (Å²) in [6, 6.07) is 8.09. The van der Waals surface area contributed by atoms with Gasteiger partial charge in [0.1, 0.15) is 0 Å². The standard InChI is InChI=1S/C19H28N4O3/c1-2-26-19(25)23-13-11-21(12-14-23)15-18(24)20-16-5-7-17(8-6-16)22-9-3-4-10-22/h5-8H,2-4,9-15H2,1H3,(H,20,24)/p+1. The summed E-state index contributed by atoms with van der Waals surface area (Å²) in [7, 11) is 0. The maximum absolute atomic E-state index is 12.3. The van der Waals surface area contributed by atoms with Gasteiger partial charge in [0.2, 0.25) is 0 Å². The average Bonchev–Trinajstić information content (AvgIpc) is 3.18. The summed E-state index contributed by atoms with van der Waals surface area (Å²) in [5.41, 5.74) is 2.06. The zero-order chi connectivity index (χ0) is 18.4. The summed E-state index contributed by atoms with van der Waals surface area (Å²) in [5.74, 6) is 0.0125. The van der Waals surface area contributed by atoms with Crippen LogP contribution < -0.4 is 15.1 Å². The third-order valence-electron chi connectivity index (χ3n) is 5.03. The molecule has 1 aromatic carbocycles. The number of rotatable bonds is 5. The number of hydrogen-bond donors (Lipinski definition) is 2. The number of nitrogens with one attached hydrogen (secondary N) is 2. The van der Waals surface area contributed by atoms with Gasteiger partial charge in [-0.15, -0.1) is 0 Å². The first-order valence-electron chi connectivity index (χ1n) is 9.56. The van der Waals surface area contributed by atoms with Gasteiger partial charge in [0, 0.05) is 24.5 Å². The van der Waals surface area contributed by atoms with E-state index in [1.807, 2.05) is 12.1 Å². The van der Waals surface area contributed by atoms with E-state index in [1.165, 1.54) is 23.4 Å². The van der Waals surface area contributed by atoms with Crippen LogP contribution in [-0.4, -0.2) is 69.3 Å². The van der Waals surface area contributed by atoms with Crippen molar-refractivity contribution in [1.82, 2.24) is 4.90 Å². The molecule has 0 aliphatic carbocycles. The van der Waals surface area contributed by atoms with Crippen LogP contribution in [-0.2, 0) is 9.53 Å². The number of piperazine rings is 1. The van der Waals surface area contributed by atoms with E-state index in [2.05, 4.69) is 22.3 Å². The van der Waals surface area contributed by atoms with Crippen LogP contribution in [0, 0.1) is 0 Å². The van der Waals surface area contributed by atoms with Gasteiger partial charge < -0.3 is 19.9 Å². The Morgan fingerprint density at radius 1 is 1.08 bits per heavy atom. The number of benzene rings is 1. The first-order chi connectivity index (χ1) is 12.7. The maximum Gasteiger partial charge on any atom is 0.410 e. The lowest BCUT2D eigenvalue weighted by atomic mass is 10.2. The molecule has 7 nitrogen and oxygen atoms in total. The number of quaternary nitrogens is 1. The highest BCUT2D eigenvalue weighted by Crippen LogP contribution is 2.21. The van der Waals surface area contributed by atoms with Gasteiger partial charge in [-0.05, 0) is 44.0 Å². The normalized spacial score (nSPS) is 18.0. The molecule has 2 aliphatic rings. The molecule has 2 N–H and O–H groups in total. The lowest BCUT2D eigenvalue weighted by molar-refractivity contribution is -0.895. The molecule has 0 radical (unpaired) electrons. The highest BCUT2D eigenvalue weighted by Gasteiger charge is 2.25. The zero-order valence-corrected chi connectivity index (χ0v) is 15.5. The van der Waals surface area contributed by atoms with Crippen LogP contribution >= 0.6 is 0 Å². The second kappa shape index (κ2) is 8.89. The minimum atomic E-state index is -0.255. The van der Waals surface area contributed by atoms with E-state index in [9.17, 15) is 9.59 Å². The molecule has 0 spiro atoms. The topological polar surface area (TPSA) is 66.3 Å². The van der Waals surface area contributed by atoms with Gasteiger partial charge in [-0.1, -0.05) is 0 Å². The van der Waals surface area contributed by atoms with Crippen molar-refractivity contribution in [3.8, 4) is 0 Å². The first-order valence-corrected chi connectivity index (χ1v) is 9.56. The molecule has 2 aliphatic heterocycles. The third-order valence-corrected chi connectivity index (χ3v) is 5.03. The van der Waals surface area contributed by atoms with E-state index in [0.29, 0.717) is 26.2 Å². The summed E-state index contributed by atoms with van der Waals surface area (Å²) in [6.45, 7) is 7.65. The third kappa shape index (κ3) is 4.88. The highest BCUT2D eigenvalue weighted by atomic mass is 16.6. The largest absolute Gasteiger partial charge is 0.450 e. The van der Waals surface area contributed by atoms with Crippen molar-refractivity contribution in [2.75, 3.05) is 62.6 Å². The van der Waals surface area contributed by atoms with Gasteiger partial charge in [-0.25, -0.2) is 4.79 Å². The monoisotopic (exact) mass is 361 g/mol. The van der Waals surface area contributed by atoms with Crippen LogP contribution in [0.15, 0.2) is 24.3 Å². The quantitative estimate of drug-likeness (QED) is 0.805. The van der Waals surface area contributed by atoms with Crippen molar-refractivity contribution < 1.29 is 19.2 Å². The molecule has 0 bridgehead atoms. The Labute approximate surface area is 154 Å². The van der Waals surface area contributed by atoms with Crippen molar-refractivity contribution in [1.29, 1.82) is 0 Å². The van der Waals surface area contributed by atoms with E-state index >= 15 is 0 Å². The summed E-state index contributed by atoms with van der Waals surface area (Å²) in [6.07, 6.45) is 2.25. The lowest BCUT2D eigenvalue weighted by Gasteiger charge is -2.31. The summed E-state index contributed by atoms with van der Waals surface area (Å²) >= 11 is 0. The van der Waals surface area contributed by atoms with Gasteiger partial charge >= 0.3 is 6.09 Å². The van der Waals surface area contributed by atoms with E-state index < -0.39 is 0 Å². The maximum atomic E-state index is 12.3. The Hall–Kier alpha value is -2.28. The molecule has 2 saturated heterocycles. The van der Waals surface area contributed by atoms with Gasteiger partial charge in [-0.2, -0.15) is 0 Å². The Morgan fingerprint density at radius 2 is 1.73 bits per heavy atom. The fraction of sp³-hybridized carbons (Fsp3) is 0.579. The predicted octanol–water partition coefficient (Wildman–Crippen LogP) is 0.582. The van der Waals surface area contributed by atoms with E-state index in [-0.39, 0.29) is 12.0 Å². The second-order valence-corrected chi connectivity index (χ2v) is 6.90. The molecule has 0 aromatic heterocycles. The fourth-order valence-electron chi connectivity index (χ4n) is 3.56.